The van der Waals surface area contributed by atoms with Gasteiger partial charge in [-0.05, 0) is 60.4 Å². The summed E-state index contributed by atoms with van der Waals surface area (Å²) in [5, 5.41) is 0.862. The van der Waals surface area contributed by atoms with Crippen molar-refractivity contribution < 1.29 is 12.8 Å². The second kappa shape index (κ2) is 8.80. The maximum atomic E-state index is 13.5. The number of nitrogens with one attached hydrogen (secondary N) is 1. The summed E-state index contributed by atoms with van der Waals surface area (Å²) >= 11 is 6.05. The first-order valence-electron chi connectivity index (χ1n) is 10.0. The van der Waals surface area contributed by atoms with Gasteiger partial charge in [-0.3, -0.25) is 4.72 Å². The minimum absolute atomic E-state index is 0.0139. The zero-order valence-electron chi connectivity index (χ0n) is 17.4. The van der Waals surface area contributed by atoms with Gasteiger partial charge in [0.05, 0.1) is 16.2 Å². The van der Waals surface area contributed by atoms with Crippen molar-refractivity contribution in [3.05, 3.63) is 77.1 Å². The van der Waals surface area contributed by atoms with Gasteiger partial charge in [-0.2, -0.15) is 4.39 Å². The summed E-state index contributed by atoms with van der Waals surface area (Å²) in [4.78, 5) is 12.1. The molecule has 0 bridgehead atoms. The molecule has 2 aromatic heterocycles. The van der Waals surface area contributed by atoms with Crippen molar-refractivity contribution in [3.8, 4) is 11.1 Å². The van der Waals surface area contributed by atoms with E-state index < -0.39 is 16.1 Å². The highest BCUT2D eigenvalue weighted by Crippen LogP contribution is 2.31. The zero-order valence-corrected chi connectivity index (χ0v) is 19.0. The van der Waals surface area contributed by atoms with Crippen molar-refractivity contribution in [3.63, 3.8) is 0 Å². The molecule has 2 heterocycles. The monoisotopic (exact) mass is 470 g/mol. The van der Waals surface area contributed by atoms with Crippen molar-refractivity contribution in [2.75, 3.05) is 4.72 Å². The van der Waals surface area contributed by atoms with Crippen molar-refractivity contribution in [1.29, 1.82) is 0 Å². The van der Waals surface area contributed by atoms with Gasteiger partial charge >= 0.3 is 6.08 Å². The highest BCUT2D eigenvalue weighted by atomic mass is 35.5. The molecule has 0 fully saturated rings. The molecule has 32 heavy (non-hydrogen) atoms. The molecule has 164 valence electrons. The summed E-state index contributed by atoms with van der Waals surface area (Å²) in [6, 6.07) is 13.5. The molecule has 0 amide bonds. The first-order chi connectivity index (χ1) is 15.3. The Labute approximate surface area is 190 Å². The Morgan fingerprint density at radius 3 is 2.53 bits per heavy atom. The fraction of sp³-hybridized carbons (Fsp3) is 0.174. The Morgan fingerprint density at radius 2 is 1.81 bits per heavy atom. The molecule has 6 nitrogen and oxygen atoms in total. The van der Waals surface area contributed by atoms with Crippen LogP contribution in [0.2, 0.25) is 5.02 Å². The van der Waals surface area contributed by atoms with Crippen LogP contribution in [0, 0.1) is 6.08 Å². The summed E-state index contributed by atoms with van der Waals surface area (Å²) in [6.07, 6.45) is 1.96. The number of anilines is 1. The maximum Gasteiger partial charge on any atom is 0.309 e. The molecule has 9 heteroatoms. The van der Waals surface area contributed by atoms with Gasteiger partial charge in [-0.15, -0.1) is 0 Å². The zero-order chi connectivity index (χ0) is 22.9. The number of hydrogen-bond donors (Lipinski definition) is 1. The minimum Gasteiger partial charge on any atom is -0.263 e. The molecule has 0 radical (unpaired) electrons. The molecule has 0 unspecified atom stereocenters. The topological polar surface area (TPSA) is 84.8 Å². The smallest absolute Gasteiger partial charge is 0.263 e. The van der Waals surface area contributed by atoms with E-state index in [-0.39, 0.29) is 15.7 Å². The Morgan fingerprint density at radius 1 is 1.03 bits per heavy atom. The van der Waals surface area contributed by atoms with E-state index in [1.807, 2.05) is 32.0 Å². The second-order valence-corrected chi connectivity index (χ2v) is 9.20. The Hall–Kier alpha value is -3.10. The fourth-order valence-corrected chi connectivity index (χ4v) is 5.09. The van der Waals surface area contributed by atoms with Gasteiger partial charge < -0.3 is 0 Å². The number of hydrogen-bond acceptors (Lipinski definition) is 5. The van der Waals surface area contributed by atoms with E-state index >= 15 is 0 Å². The van der Waals surface area contributed by atoms with Gasteiger partial charge in [0.25, 0.3) is 10.0 Å². The Bertz CT molecular complexity index is 1430. The van der Waals surface area contributed by atoms with Gasteiger partial charge in [0.15, 0.2) is 0 Å². The number of sulfonamides is 1. The number of benzene rings is 2. The molecule has 1 N–H and O–H groups in total. The third-order valence-electron chi connectivity index (χ3n) is 5.10. The maximum absolute atomic E-state index is 13.5. The van der Waals surface area contributed by atoms with Gasteiger partial charge in [0.1, 0.15) is 10.7 Å². The molecule has 0 atom stereocenters. The number of pyridine rings is 1. The lowest BCUT2D eigenvalue weighted by molar-refractivity contribution is 0.544. The van der Waals surface area contributed by atoms with E-state index in [9.17, 15) is 12.8 Å². The average molecular weight is 471 g/mol. The summed E-state index contributed by atoms with van der Waals surface area (Å²) in [5.74, 6) is 0.201. The fourth-order valence-electron chi connectivity index (χ4n) is 3.57. The molecule has 4 aromatic rings. The van der Waals surface area contributed by atoms with Crippen molar-refractivity contribution in [2.24, 2.45) is 0 Å². The normalized spacial score (nSPS) is 11.6. The van der Waals surface area contributed by atoms with Crippen molar-refractivity contribution in [2.45, 2.75) is 31.6 Å². The predicted molar refractivity (Wildman–Crippen MR) is 124 cm³/mol. The van der Waals surface area contributed by atoms with E-state index in [4.69, 9.17) is 11.6 Å². The lowest BCUT2D eigenvalue weighted by atomic mass is 9.97. The average Bonchev–Trinajstić information content (AvgIpc) is 2.78. The molecule has 4 rings (SSSR count). The third-order valence-corrected chi connectivity index (χ3v) is 6.95. The van der Waals surface area contributed by atoms with Crippen LogP contribution < -0.4 is 4.72 Å². The minimum atomic E-state index is -3.89. The van der Waals surface area contributed by atoms with Crippen LogP contribution in [0.4, 0.5) is 10.2 Å². The summed E-state index contributed by atoms with van der Waals surface area (Å²) in [5.41, 5.74) is 3.93. The predicted octanol–water partition coefficient (Wildman–Crippen LogP) is 5.41. The van der Waals surface area contributed by atoms with Crippen LogP contribution in [-0.4, -0.2) is 23.4 Å². The van der Waals surface area contributed by atoms with Gasteiger partial charge in [-0.1, -0.05) is 37.6 Å². The first kappa shape index (κ1) is 22.1. The van der Waals surface area contributed by atoms with Gasteiger partial charge in [0.2, 0.25) is 0 Å². The van der Waals surface area contributed by atoms with Crippen LogP contribution in [0.1, 0.15) is 25.1 Å². The SMILES string of the molecule is CCc1nc(NS(=O)(=O)c2ccccc2Cl)ccc1-c1cc(CC)c2nc(F)ncc2c1. The van der Waals surface area contributed by atoms with Crippen LogP contribution in [0.15, 0.2) is 59.6 Å². The highest BCUT2D eigenvalue weighted by Gasteiger charge is 2.19. The largest absolute Gasteiger partial charge is 0.309 e. The number of halogens is 2. The van der Waals surface area contributed by atoms with E-state index in [0.29, 0.717) is 24.1 Å². The lowest BCUT2D eigenvalue weighted by Crippen LogP contribution is -2.15. The summed E-state index contributed by atoms with van der Waals surface area (Å²) in [7, 11) is -3.89. The summed E-state index contributed by atoms with van der Waals surface area (Å²) in [6.45, 7) is 3.92. The standard InChI is InChI=1S/C23H20ClFN4O2S/c1-3-14-11-15(12-16-13-26-23(25)28-22(14)16)17-9-10-21(27-19(17)4-2)29-32(30,31)20-8-6-5-7-18(20)24/h5-13H,3-4H2,1-2H3,(H,27,29). The molecular formula is C23H20ClFN4O2S. The molecule has 0 aliphatic heterocycles. The first-order valence-corrected chi connectivity index (χ1v) is 11.9. The van der Waals surface area contributed by atoms with Gasteiger partial charge in [-0.25, -0.2) is 23.4 Å². The lowest BCUT2D eigenvalue weighted by Gasteiger charge is -2.14. The van der Waals surface area contributed by atoms with E-state index in [2.05, 4.69) is 19.7 Å². The third kappa shape index (κ3) is 4.28. The van der Waals surface area contributed by atoms with Crippen LogP contribution in [-0.2, 0) is 22.9 Å². The van der Waals surface area contributed by atoms with E-state index in [1.165, 1.54) is 18.3 Å². The number of fused-ring (bicyclic) bond motifs is 1. The van der Waals surface area contributed by atoms with Crippen molar-refractivity contribution in [1.82, 2.24) is 15.0 Å². The molecule has 0 saturated heterocycles. The second-order valence-electron chi connectivity index (χ2n) is 7.15. The molecule has 0 spiro atoms. The molecule has 0 aliphatic carbocycles. The van der Waals surface area contributed by atoms with Crippen molar-refractivity contribution >= 4 is 38.3 Å². The van der Waals surface area contributed by atoms with E-state index in [0.717, 1.165) is 22.1 Å². The van der Waals surface area contributed by atoms with Crippen LogP contribution >= 0.6 is 11.6 Å². The quantitative estimate of drug-likeness (QED) is 0.381. The van der Waals surface area contributed by atoms with Crippen LogP contribution in [0.25, 0.3) is 22.0 Å². The Kier molecular flexibility index (Phi) is 6.08. The van der Waals surface area contributed by atoms with Crippen LogP contribution in [0.3, 0.4) is 0 Å². The molecule has 0 aliphatic rings. The summed E-state index contributed by atoms with van der Waals surface area (Å²) < 4.78 is 41.5. The Balaban J connectivity index is 1.75. The van der Waals surface area contributed by atoms with E-state index in [1.54, 1.807) is 18.2 Å². The number of nitrogens with zero attached hydrogens (tertiary/aromatic N) is 3. The number of aromatic nitrogens is 3. The molecular weight excluding hydrogens is 451 g/mol. The number of rotatable bonds is 6. The van der Waals surface area contributed by atoms with Crippen LogP contribution in [0.5, 0.6) is 0 Å². The highest BCUT2D eigenvalue weighted by molar-refractivity contribution is 7.92. The number of aryl methyl sites for hydroxylation is 2. The molecule has 2 aromatic carbocycles. The molecule has 0 saturated carbocycles. The van der Waals surface area contributed by atoms with Gasteiger partial charge in [0, 0.05) is 17.1 Å².